The van der Waals surface area contributed by atoms with Crippen LogP contribution in [0.1, 0.15) is 19.8 Å². The normalized spacial score (nSPS) is 12.3. The van der Waals surface area contributed by atoms with Crippen LogP contribution in [0, 0.1) is 10.1 Å². The molecule has 0 aliphatic heterocycles. The Morgan fingerprint density at radius 1 is 1.45 bits per heavy atom. The third kappa shape index (κ3) is 3.03. The number of benzene rings is 1. The molecule has 6 heteroatoms. The van der Waals surface area contributed by atoms with E-state index in [4.69, 9.17) is 0 Å². The highest BCUT2D eigenvalue weighted by molar-refractivity contribution is 5.95. The van der Waals surface area contributed by atoms with Crippen LogP contribution in [0.4, 0.5) is 11.4 Å². The second kappa shape index (κ2) is 6.29. The second-order valence-electron chi connectivity index (χ2n) is 4.57. The minimum atomic E-state index is -0.446. The maximum atomic E-state index is 11.1. The number of aliphatic hydroxyl groups excluding tert-OH is 1. The first-order valence-corrected chi connectivity index (χ1v) is 6.57. The van der Waals surface area contributed by atoms with Gasteiger partial charge >= 0.3 is 5.69 Å². The van der Waals surface area contributed by atoms with Gasteiger partial charge in [-0.15, -0.1) is 0 Å². The van der Waals surface area contributed by atoms with Crippen molar-refractivity contribution in [1.82, 2.24) is 4.98 Å². The van der Waals surface area contributed by atoms with Gasteiger partial charge in [0.1, 0.15) is 11.9 Å². The summed E-state index contributed by atoms with van der Waals surface area (Å²) >= 11 is 0. The fourth-order valence-corrected chi connectivity index (χ4v) is 2.02. The van der Waals surface area contributed by atoms with Crippen molar-refractivity contribution < 1.29 is 10.0 Å². The number of fused-ring (bicyclic) bond motifs is 1. The van der Waals surface area contributed by atoms with Gasteiger partial charge in [0.25, 0.3) is 0 Å². The SMILES string of the molecule is CCC(O)CCNc1c([N+](=O)[O-])cnc2ccccc12. The Kier molecular flexibility index (Phi) is 4.47. The fourth-order valence-electron chi connectivity index (χ4n) is 2.02. The van der Waals surface area contributed by atoms with E-state index in [2.05, 4.69) is 10.3 Å². The van der Waals surface area contributed by atoms with E-state index >= 15 is 0 Å². The minimum Gasteiger partial charge on any atom is -0.393 e. The molecule has 0 spiro atoms. The van der Waals surface area contributed by atoms with Crippen LogP contribution in [0.25, 0.3) is 10.9 Å². The Hall–Kier alpha value is -2.21. The minimum absolute atomic E-state index is 0.0466. The van der Waals surface area contributed by atoms with Gasteiger partial charge in [0.15, 0.2) is 0 Å². The Morgan fingerprint density at radius 3 is 2.90 bits per heavy atom. The van der Waals surface area contributed by atoms with Crippen molar-refractivity contribution in [2.24, 2.45) is 0 Å². The van der Waals surface area contributed by atoms with Crippen LogP contribution in [-0.4, -0.2) is 27.7 Å². The summed E-state index contributed by atoms with van der Waals surface area (Å²) in [4.78, 5) is 14.7. The van der Waals surface area contributed by atoms with Gasteiger partial charge in [0.05, 0.1) is 16.5 Å². The Labute approximate surface area is 116 Å². The quantitative estimate of drug-likeness (QED) is 0.625. The molecule has 0 saturated heterocycles. The van der Waals surface area contributed by atoms with E-state index in [-0.39, 0.29) is 5.69 Å². The van der Waals surface area contributed by atoms with E-state index in [0.717, 1.165) is 0 Å². The van der Waals surface area contributed by atoms with Gasteiger partial charge in [0, 0.05) is 11.9 Å². The zero-order valence-corrected chi connectivity index (χ0v) is 11.2. The highest BCUT2D eigenvalue weighted by Gasteiger charge is 2.17. The summed E-state index contributed by atoms with van der Waals surface area (Å²) in [6.45, 7) is 2.37. The molecule has 1 unspecified atom stereocenters. The lowest BCUT2D eigenvalue weighted by molar-refractivity contribution is -0.384. The molecule has 1 aromatic carbocycles. The van der Waals surface area contributed by atoms with Gasteiger partial charge in [-0.2, -0.15) is 0 Å². The number of anilines is 1. The molecule has 20 heavy (non-hydrogen) atoms. The van der Waals surface area contributed by atoms with Crippen LogP contribution in [0.15, 0.2) is 30.5 Å². The van der Waals surface area contributed by atoms with Crippen LogP contribution >= 0.6 is 0 Å². The topological polar surface area (TPSA) is 88.3 Å². The number of nitrogens with zero attached hydrogens (tertiary/aromatic N) is 2. The van der Waals surface area contributed by atoms with Crippen molar-refractivity contribution in [3.05, 3.63) is 40.6 Å². The lowest BCUT2D eigenvalue weighted by Gasteiger charge is -2.12. The first-order valence-electron chi connectivity index (χ1n) is 6.57. The summed E-state index contributed by atoms with van der Waals surface area (Å²) in [5.41, 5.74) is 1.12. The van der Waals surface area contributed by atoms with Crippen LogP contribution in [0.3, 0.4) is 0 Å². The highest BCUT2D eigenvalue weighted by atomic mass is 16.6. The lowest BCUT2D eigenvalue weighted by atomic mass is 10.1. The molecule has 1 atom stereocenters. The molecular weight excluding hydrogens is 258 g/mol. The summed E-state index contributed by atoms with van der Waals surface area (Å²) in [6, 6.07) is 7.27. The summed E-state index contributed by atoms with van der Waals surface area (Å²) in [5, 5.41) is 24.4. The zero-order chi connectivity index (χ0) is 14.5. The number of hydrogen-bond donors (Lipinski definition) is 2. The summed E-state index contributed by atoms with van der Waals surface area (Å²) < 4.78 is 0. The number of nitro groups is 1. The molecule has 0 amide bonds. The molecule has 0 aliphatic carbocycles. The average Bonchev–Trinajstić information content (AvgIpc) is 2.46. The largest absolute Gasteiger partial charge is 0.393 e. The summed E-state index contributed by atoms with van der Waals surface area (Å²) in [5.74, 6) is 0. The monoisotopic (exact) mass is 275 g/mol. The van der Waals surface area contributed by atoms with Gasteiger partial charge in [-0.25, -0.2) is 4.98 Å². The molecule has 0 aliphatic rings. The Bertz CT molecular complexity index is 616. The molecule has 2 N–H and O–H groups in total. The average molecular weight is 275 g/mol. The number of aromatic nitrogens is 1. The second-order valence-corrected chi connectivity index (χ2v) is 4.57. The number of aliphatic hydroxyl groups is 1. The molecule has 1 heterocycles. The number of nitrogens with one attached hydrogen (secondary N) is 1. The molecule has 0 radical (unpaired) electrons. The van der Waals surface area contributed by atoms with Gasteiger partial charge in [0.2, 0.25) is 0 Å². The van der Waals surface area contributed by atoms with Crippen LogP contribution in [-0.2, 0) is 0 Å². The van der Waals surface area contributed by atoms with E-state index in [9.17, 15) is 15.2 Å². The van der Waals surface area contributed by atoms with E-state index in [1.54, 1.807) is 6.07 Å². The summed E-state index contributed by atoms with van der Waals surface area (Å²) in [6.07, 6.45) is 2.08. The molecule has 2 aromatic rings. The Morgan fingerprint density at radius 2 is 2.20 bits per heavy atom. The van der Waals surface area contributed by atoms with E-state index in [0.29, 0.717) is 36.0 Å². The van der Waals surface area contributed by atoms with Gasteiger partial charge in [-0.05, 0) is 18.9 Å². The smallest absolute Gasteiger partial charge is 0.311 e. The van der Waals surface area contributed by atoms with Gasteiger partial charge < -0.3 is 10.4 Å². The van der Waals surface area contributed by atoms with Gasteiger partial charge in [-0.3, -0.25) is 10.1 Å². The molecule has 2 rings (SSSR count). The zero-order valence-electron chi connectivity index (χ0n) is 11.2. The van der Waals surface area contributed by atoms with Crippen LogP contribution in [0.5, 0.6) is 0 Å². The third-order valence-corrected chi connectivity index (χ3v) is 3.20. The summed E-state index contributed by atoms with van der Waals surface area (Å²) in [7, 11) is 0. The van der Waals surface area contributed by atoms with Crippen molar-refractivity contribution in [3.63, 3.8) is 0 Å². The van der Waals surface area contributed by atoms with Gasteiger partial charge in [-0.1, -0.05) is 25.1 Å². The predicted molar refractivity (Wildman–Crippen MR) is 77.8 cm³/mol. The van der Waals surface area contributed by atoms with Crippen molar-refractivity contribution >= 4 is 22.3 Å². The number of para-hydroxylation sites is 1. The maximum absolute atomic E-state index is 11.1. The van der Waals surface area contributed by atoms with Crippen molar-refractivity contribution in [3.8, 4) is 0 Å². The lowest BCUT2D eigenvalue weighted by Crippen LogP contribution is -2.13. The standard InChI is InChI=1S/C14H17N3O3/c1-2-10(18)7-8-15-14-11-5-3-4-6-12(11)16-9-13(14)17(19)20/h3-6,9-10,18H,2,7-8H2,1H3,(H,15,16). The predicted octanol–water partition coefficient (Wildman–Crippen LogP) is 2.72. The van der Waals surface area contributed by atoms with Crippen LogP contribution in [0.2, 0.25) is 0 Å². The Balaban J connectivity index is 2.32. The van der Waals surface area contributed by atoms with Crippen molar-refractivity contribution in [2.75, 3.05) is 11.9 Å². The molecular formula is C14H17N3O3. The third-order valence-electron chi connectivity index (χ3n) is 3.20. The van der Waals surface area contributed by atoms with Crippen LogP contribution < -0.4 is 5.32 Å². The molecule has 6 nitrogen and oxygen atoms in total. The first kappa shape index (κ1) is 14.2. The number of rotatable bonds is 6. The molecule has 0 saturated carbocycles. The maximum Gasteiger partial charge on any atom is 0.311 e. The highest BCUT2D eigenvalue weighted by Crippen LogP contribution is 2.31. The number of pyridine rings is 1. The molecule has 0 bridgehead atoms. The molecule has 0 fully saturated rings. The van der Waals surface area contributed by atoms with Crippen molar-refractivity contribution in [1.29, 1.82) is 0 Å². The molecule has 1 aromatic heterocycles. The fraction of sp³-hybridized carbons (Fsp3) is 0.357. The van der Waals surface area contributed by atoms with E-state index in [1.807, 2.05) is 25.1 Å². The molecule has 106 valence electrons. The first-order chi connectivity index (χ1) is 9.63. The van der Waals surface area contributed by atoms with E-state index in [1.165, 1.54) is 6.20 Å². The number of hydrogen-bond acceptors (Lipinski definition) is 5. The van der Waals surface area contributed by atoms with Crippen molar-refractivity contribution in [2.45, 2.75) is 25.9 Å². The van der Waals surface area contributed by atoms with E-state index < -0.39 is 11.0 Å².